The summed E-state index contributed by atoms with van der Waals surface area (Å²) in [6.07, 6.45) is 1.12. The monoisotopic (exact) mass is 565 g/mol. The minimum absolute atomic E-state index is 0.0867. The fourth-order valence-corrected chi connectivity index (χ4v) is 5.89. The standard InChI is InChI=1S/C31H39N3O5S/c1-6-20-32-31(36)28(7-2)33(21-25-14-16-26(39-5)17-15-25)30(35)22-34(29-11-9-8-10-24(29)4)40(37,38)27-18-12-23(3)13-19-27/h8-19,28H,6-7,20-22H2,1-5H3,(H,32,36)/t28-/m1/s1. The summed E-state index contributed by atoms with van der Waals surface area (Å²) >= 11 is 0. The molecule has 2 amide bonds. The Hall–Kier alpha value is -3.85. The fourth-order valence-electron chi connectivity index (χ4n) is 4.41. The number of nitrogens with zero attached hydrogens (tertiary/aromatic N) is 2. The van der Waals surface area contributed by atoms with Gasteiger partial charge in [0.2, 0.25) is 11.8 Å². The summed E-state index contributed by atoms with van der Waals surface area (Å²) in [6, 6.07) is 20.1. The molecule has 0 bridgehead atoms. The molecule has 8 nitrogen and oxygen atoms in total. The second-order valence-corrected chi connectivity index (χ2v) is 11.6. The van der Waals surface area contributed by atoms with Crippen molar-refractivity contribution in [2.75, 3.05) is 24.5 Å². The number of hydrogen-bond donors (Lipinski definition) is 1. The number of nitrogens with one attached hydrogen (secondary N) is 1. The van der Waals surface area contributed by atoms with E-state index in [0.29, 0.717) is 30.0 Å². The third kappa shape index (κ3) is 7.41. The molecule has 0 fully saturated rings. The third-order valence-electron chi connectivity index (χ3n) is 6.72. The van der Waals surface area contributed by atoms with Crippen molar-refractivity contribution in [3.8, 4) is 5.75 Å². The van der Waals surface area contributed by atoms with Gasteiger partial charge in [0, 0.05) is 13.1 Å². The van der Waals surface area contributed by atoms with Crippen LogP contribution < -0.4 is 14.4 Å². The van der Waals surface area contributed by atoms with E-state index >= 15 is 0 Å². The molecular weight excluding hydrogens is 526 g/mol. The van der Waals surface area contributed by atoms with E-state index < -0.39 is 28.5 Å². The molecule has 3 aromatic rings. The smallest absolute Gasteiger partial charge is 0.264 e. The van der Waals surface area contributed by atoms with Crippen LogP contribution in [0.4, 0.5) is 5.69 Å². The number of benzene rings is 3. The first-order valence-corrected chi connectivity index (χ1v) is 14.9. The van der Waals surface area contributed by atoms with E-state index in [9.17, 15) is 18.0 Å². The molecule has 3 aromatic carbocycles. The van der Waals surface area contributed by atoms with Gasteiger partial charge in [0.25, 0.3) is 10.0 Å². The molecule has 0 aliphatic carbocycles. The number of hydrogen-bond acceptors (Lipinski definition) is 5. The van der Waals surface area contributed by atoms with Gasteiger partial charge < -0.3 is 15.0 Å². The van der Waals surface area contributed by atoms with Gasteiger partial charge in [0.05, 0.1) is 17.7 Å². The average molecular weight is 566 g/mol. The van der Waals surface area contributed by atoms with Gasteiger partial charge in [-0.3, -0.25) is 13.9 Å². The maximum atomic E-state index is 14.1. The minimum atomic E-state index is -4.10. The molecule has 3 rings (SSSR count). The van der Waals surface area contributed by atoms with Crippen molar-refractivity contribution in [3.63, 3.8) is 0 Å². The van der Waals surface area contributed by atoms with E-state index in [1.54, 1.807) is 68.6 Å². The number of carbonyl (C=O) groups is 2. The van der Waals surface area contributed by atoms with E-state index in [0.717, 1.165) is 21.9 Å². The number of carbonyl (C=O) groups excluding carboxylic acids is 2. The van der Waals surface area contributed by atoms with Crippen LogP contribution in [0.1, 0.15) is 43.4 Å². The highest BCUT2D eigenvalue weighted by Gasteiger charge is 2.34. The molecular formula is C31H39N3O5S. The Morgan fingerprint density at radius 2 is 1.57 bits per heavy atom. The van der Waals surface area contributed by atoms with Crippen LogP contribution in [0.3, 0.4) is 0 Å². The van der Waals surface area contributed by atoms with Gasteiger partial charge in [-0.1, -0.05) is 61.9 Å². The summed E-state index contributed by atoms with van der Waals surface area (Å²) in [5, 5.41) is 2.89. The summed E-state index contributed by atoms with van der Waals surface area (Å²) in [5.74, 6) is -0.0763. The van der Waals surface area contributed by atoms with Gasteiger partial charge in [-0.15, -0.1) is 0 Å². The highest BCUT2D eigenvalue weighted by atomic mass is 32.2. The largest absolute Gasteiger partial charge is 0.497 e. The second-order valence-electron chi connectivity index (χ2n) is 9.70. The molecule has 0 aromatic heterocycles. The number of methoxy groups -OCH3 is 1. The van der Waals surface area contributed by atoms with Crippen LogP contribution in [0.5, 0.6) is 5.75 Å². The van der Waals surface area contributed by atoms with Gasteiger partial charge in [-0.2, -0.15) is 0 Å². The molecule has 0 saturated carbocycles. The zero-order valence-electron chi connectivity index (χ0n) is 23.9. The first-order valence-electron chi connectivity index (χ1n) is 13.5. The van der Waals surface area contributed by atoms with Crippen molar-refractivity contribution in [1.82, 2.24) is 10.2 Å². The molecule has 1 atom stereocenters. The number of anilines is 1. The van der Waals surface area contributed by atoms with Crippen molar-refractivity contribution < 1.29 is 22.7 Å². The average Bonchev–Trinajstić information content (AvgIpc) is 2.95. The van der Waals surface area contributed by atoms with Crippen molar-refractivity contribution in [2.45, 2.75) is 58.0 Å². The van der Waals surface area contributed by atoms with Crippen LogP contribution in [0, 0.1) is 13.8 Å². The molecule has 214 valence electrons. The summed E-state index contributed by atoms with van der Waals surface area (Å²) in [4.78, 5) is 28.8. The number of sulfonamides is 1. The fraction of sp³-hybridized carbons (Fsp3) is 0.355. The predicted molar refractivity (Wildman–Crippen MR) is 158 cm³/mol. The van der Waals surface area contributed by atoms with Gasteiger partial charge >= 0.3 is 0 Å². The maximum absolute atomic E-state index is 14.1. The van der Waals surface area contributed by atoms with E-state index in [1.807, 2.05) is 39.0 Å². The molecule has 0 saturated heterocycles. The molecule has 0 spiro atoms. The lowest BCUT2D eigenvalue weighted by Gasteiger charge is -2.33. The number of aryl methyl sites for hydroxylation is 2. The van der Waals surface area contributed by atoms with Crippen LogP contribution in [-0.4, -0.2) is 51.4 Å². The number of para-hydroxylation sites is 1. The van der Waals surface area contributed by atoms with Crippen molar-refractivity contribution in [1.29, 1.82) is 0 Å². The summed E-state index contributed by atoms with van der Waals surface area (Å²) in [6.45, 7) is 7.63. The zero-order chi connectivity index (χ0) is 29.3. The molecule has 0 heterocycles. The number of rotatable bonds is 13. The van der Waals surface area contributed by atoms with Crippen molar-refractivity contribution in [3.05, 3.63) is 89.5 Å². The SMILES string of the molecule is CCCNC(=O)[C@@H](CC)N(Cc1ccc(OC)cc1)C(=O)CN(c1ccccc1C)S(=O)(=O)c1ccc(C)cc1. The lowest BCUT2D eigenvalue weighted by molar-refractivity contribution is -0.140. The lowest BCUT2D eigenvalue weighted by Crippen LogP contribution is -2.52. The number of amides is 2. The maximum Gasteiger partial charge on any atom is 0.264 e. The molecule has 40 heavy (non-hydrogen) atoms. The van der Waals surface area contributed by atoms with E-state index in [-0.39, 0.29) is 17.3 Å². The Morgan fingerprint density at radius 1 is 0.925 bits per heavy atom. The zero-order valence-corrected chi connectivity index (χ0v) is 24.7. The summed E-state index contributed by atoms with van der Waals surface area (Å²) in [5.41, 5.74) is 2.83. The van der Waals surface area contributed by atoms with Gasteiger partial charge in [-0.25, -0.2) is 8.42 Å². The van der Waals surface area contributed by atoms with Crippen LogP contribution in [0.25, 0.3) is 0 Å². The van der Waals surface area contributed by atoms with Crippen LogP contribution in [-0.2, 0) is 26.2 Å². The Labute approximate surface area is 238 Å². The van der Waals surface area contributed by atoms with Crippen LogP contribution >= 0.6 is 0 Å². The first kappa shape index (κ1) is 30.7. The van der Waals surface area contributed by atoms with E-state index in [4.69, 9.17) is 4.74 Å². The Kier molecular flexibility index (Phi) is 10.7. The molecule has 0 aliphatic heterocycles. The highest BCUT2D eigenvalue weighted by molar-refractivity contribution is 7.92. The molecule has 9 heteroatoms. The lowest BCUT2D eigenvalue weighted by atomic mass is 10.1. The van der Waals surface area contributed by atoms with E-state index in [1.165, 1.54) is 4.90 Å². The van der Waals surface area contributed by atoms with Gasteiger partial charge in [0.1, 0.15) is 18.3 Å². The normalized spacial score (nSPS) is 11.9. The summed E-state index contributed by atoms with van der Waals surface area (Å²) < 4.78 is 34.3. The van der Waals surface area contributed by atoms with Gasteiger partial charge in [-0.05, 0) is 68.1 Å². The predicted octanol–water partition coefficient (Wildman–Crippen LogP) is 4.84. The van der Waals surface area contributed by atoms with Crippen LogP contribution in [0.2, 0.25) is 0 Å². The Balaban J connectivity index is 2.05. The van der Waals surface area contributed by atoms with E-state index in [2.05, 4.69) is 5.32 Å². The van der Waals surface area contributed by atoms with Gasteiger partial charge in [0.15, 0.2) is 0 Å². The summed E-state index contributed by atoms with van der Waals surface area (Å²) in [7, 11) is -2.53. The highest BCUT2D eigenvalue weighted by Crippen LogP contribution is 2.28. The molecule has 0 aliphatic rings. The third-order valence-corrected chi connectivity index (χ3v) is 8.49. The van der Waals surface area contributed by atoms with Crippen molar-refractivity contribution in [2.24, 2.45) is 0 Å². The van der Waals surface area contributed by atoms with Crippen molar-refractivity contribution >= 4 is 27.5 Å². The molecule has 0 unspecified atom stereocenters. The number of ether oxygens (including phenoxy) is 1. The minimum Gasteiger partial charge on any atom is -0.497 e. The Morgan fingerprint density at radius 3 is 2.15 bits per heavy atom. The quantitative estimate of drug-likeness (QED) is 0.320. The van der Waals surface area contributed by atoms with Crippen LogP contribution in [0.15, 0.2) is 77.7 Å². The Bertz CT molecular complexity index is 1390. The molecule has 1 N–H and O–H groups in total. The first-order chi connectivity index (χ1) is 19.1. The topological polar surface area (TPSA) is 96.0 Å². The second kappa shape index (κ2) is 14.0. The molecule has 0 radical (unpaired) electrons.